The summed E-state index contributed by atoms with van der Waals surface area (Å²) in [5, 5.41) is 26.1. The zero-order valence-electron chi connectivity index (χ0n) is 7.04. The number of aliphatic hydroxyl groups is 1. The maximum atomic E-state index is 12.9. The number of hydrogen-bond donors (Lipinski definition) is 3. The fourth-order valence-corrected chi connectivity index (χ4v) is 0.977. The lowest BCUT2D eigenvalue weighted by atomic mass is 10.1. The molecule has 4 nitrogen and oxygen atoms in total. The first-order valence-electron chi connectivity index (χ1n) is 3.63. The average Bonchev–Trinajstić information content (AvgIpc) is 2.15. The van der Waals surface area contributed by atoms with Gasteiger partial charge in [-0.05, 0) is 0 Å². The number of hydrogen-bond acceptors (Lipinski definition) is 3. The zero-order valence-corrected chi connectivity index (χ0v) is 7.04. The van der Waals surface area contributed by atoms with Crippen molar-refractivity contribution in [3.05, 3.63) is 29.1 Å². The van der Waals surface area contributed by atoms with Gasteiger partial charge in [-0.15, -0.1) is 0 Å². The monoisotopic (exact) mass is 222 g/mol. The lowest BCUT2D eigenvalue weighted by Gasteiger charge is -2.10. The molecule has 1 aromatic rings. The van der Waals surface area contributed by atoms with Crippen molar-refractivity contribution in [2.75, 3.05) is 0 Å². The highest BCUT2D eigenvalue weighted by Gasteiger charge is 2.28. The van der Waals surface area contributed by atoms with Crippen molar-refractivity contribution in [2.24, 2.45) is 0 Å². The largest absolute Gasteiger partial charge is 0.504 e. The Morgan fingerprint density at radius 2 is 1.80 bits per heavy atom. The highest BCUT2D eigenvalue weighted by atomic mass is 19.2. The molecule has 0 aliphatic heterocycles. The molecule has 0 radical (unpaired) electrons. The van der Waals surface area contributed by atoms with Gasteiger partial charge in [-0.3, -0.25) is 0 Å². The second-order valence-electron chi connectivity index (χ2n) is 2.66. The highest BCUT2D eigenvalue weighted by Crippen LogP contribution is 2.31. The number of rotatable bonds is 2. The maximum Gasteiger partial charge on any atom is 0.337 e. The van der Waals surface area contributed by atoms with Crippen LogP contribution in [0, 0.1) is 17.5 Å². The summed E-state index contributed by atoms with van der Waals surface area (Å²) >= 11 is 0. The molecule has 1 atom stereocenters. The fourth-order valence-electron chi connectivity index (χ4n) is 0.977. The molecule has 15 heavy (non-hydrogen) atoms. The summed E-state index contributed by atoms with van der Waals surface area (Å²) in [7, 11) is 0. The summed E-state index contributed by atoms with van der Waals surface area (Å²) < 4.78 is 38.2. The number of carboxylic acids is 1. The van der Waals surface area contributed by atoms with E-state index in [0.717, 1.165) is 0 Å². The van der Waals surface area contributed by atoms with E-state index in [1.165, 1.54) is 0 Å². The molecule has 0 heterocycles. The molecule has 0 amide bonds. The topological polar surface area (TPSA) is 77.8 Å². The summed E-state index contributed by atoms with van der Waals surface area (Å²) in [4.78, 5) is 10.3. The summed E-state index contributed by atoms with van der Waals surface area (Å²) in [5.74, 6) is -8.41. The van der Waals surface area contributed by atoms with E-state index in [4.69, 9.17) is 15.3 Å². The SMILES string of the molecule is O=C(O)C(O)c1c(O)c(F)cc(F)c1F. The first kappa shape index (κ1) is 11.3. The van der Waals surface area contributed by atoms with Crippen molar-refractivity contribution in [3.8, 4) is 5.75 Å². The molecule has 0 aliphatic rings. The van der Waals surface area contributed by atoms with Crippen LogP contribution in [0.25, 0.3) is 0 Å². The minimum absolute atomic E-state index is 0.0444. The van der Waals surface area contributed by atoms with Crippen LogP contribution in [0.3, 0.4) is 0 Å². The van der Waals surface area contributed by atoms with E-state index in [9.17, 15) is 18.0 Å². The summed E-state index contributed by atoms with van der Waals surface area (Å²) in [6, 6.07) is 0.0444. The first-order valence-corrected chi connectivity index (χ1v) is 3.63. The van der Waals surface area contributed by atoms with E-state index in [-0.39, 0.29) is 6.07 Å². The van der Waals surface area contributed by atoms with E-state index in [1.54, 1.807) is 0 Å². The molecule has 0 saturated carbocycles. The molecule has 0 saturated heterocycles. The molecule has 0 bridgehead atoms. The Hall–Kier alpha value is -1.76. The van der Waals surface area contributed by atoms with Crippen molar-refractivity contribution in [3.63, 3.8) is 0 Å². The molecule has 82 valence electrons. The number of aromatic hydroxyl groups is 1. The smallest absolute Gasteiger partial charge is 0.337 e. The molecule has 0 aliphatic carbocycles. The van der Waals surface area contributed by atoms with E-state index in [0.29, 0.717) is 0 Å². The normalized spacial score (nSPS) is 12.5. The zero-order chi connectivity index (χ0) is 11.7. The maximum absolute atomic E-state index is 12.9. The number of halogens is 3. The number of carboxylic acid groups (broad SMARTS) is 1. The molecule has 1 unspecified atom stereocenters. The summed E-state index contributed by atoms with van der Waals surface area (Å²) in [6.45, 7) is 0. The van der Waals surface area contributed by atoms with Crippen LogP contribution in [0.5, 0.6) is 5.75 Å². The third-order valence-corrected chi connectivity index (χ3v) is 1.69. The van der Waals surface area contributed by atoms with Crippen LogP contribution < -0.4 is 0 Å². The van der Waals surface area contributed by atoms with Gasteiger partial charge < -0.3 is 15.3 Å². The third-order valence-electron chi connectivity index (χ3n) is 1.69. The molecule has 0 spiro atoms. The molecule has 7 heteroatoms. The fraction of sp³-hybridized carbons (Fsp3) is 0.125. The van der Waals surface area contributed by atoms with Gasteiger partial charge in [0.2, 0.25) is 0 Å². The van der Waals surface area contributed by atoms with E-state index in [2.05, 4.69) is 0 Å². The van der Waals surface area contributed by atoms with Crippen LogP contribution in [0.4, 0.5) is 13.2 Å². The van der Waals surface area contributed by atoms with Crippen molar-refractivity contribution in [2.45, 2.75) is 6.10 Å². The van der Waals surface area contributed by atoms with Gasteiger partial charge in [0.15, 0.2) is 29.3 Å². The Morgan fingerprint density at radius 3 is 2.27 bits per heavy atom. The van der Waals surface area contributed by atoms with Gasteiger partial charge in [0.05, 0.1) is 5.56 Å². The number of phenols is 1. The standard InChI is InChI=1S/C8H5F3O4/c9-2-1-3(10)6(12)4(5(2)11)7(13)8(14)15/h1,7,12-13H,(H,14,15). The van der Waals surface area contributed by atoms with E-state index in [1.807, 2.05) is 0 Å². The number of carbonyl (C=O) groups is 1. The Balaban J connectivity index is 3.45. The number of benzene rings is 1. The average molecular weight is 222 g/mol. The molecule has 1 aromatic carbocycles. The third kappa shape index (κ3) is 1.86. The van der Waals surface area contributed by atoms with Gasteiger partial charge >= 0.3 is 5.97 Å². The molecular formula is C8H5F3O4. The van der Waals surface area contributed by atoms with Crippen LogP contribution in [0.1, 0.15) is 11.7 Å². The quantitative estimate of drug-likeness (QED) is 0.650. The number of aliphatic hydroxyl groups excluding tert-OH is 1. The van der Waals surface area contributed by atoms with Crippen molar-refractivity contribution < 1.29 is 33.3 Å². The Morgan fingerprint density at radius 1 is 1.27 bits per heavy atom. The minimum Gasteiger partial charge on any atom is -0.504 e. The van der Waals surface area contributed by atoms with Gasteiger partial charge in [0, 0.05) is 6.07 Å². The van der Waals surface area contributed by atoms with E-state index < -0.39 is 40.8 Å². The number of phenolic OH excluding ortho intramolecular Hbond substituents is 1. The predicted octanol–water partition coefficient (Wildman–Crippen LogP) is 0.927. The minimum atomic E-state index is -2.53. The van der Waals surface area contributed by atoms with Crippen LogP contribution in [0.15, 0.2) is 6.07 Å². The Kier molecular flexibility index (Phi) is 2.85. The van der Waals surface area contributed by atoms with Crippen molar-refractivity contribution >= 4 is 5.97 Å². The van der Waals surface area contributed by atoms with E-state index >= 15 is 0 Å². The van der Waals surface area contributed by atoms with Gasteiger partial charge in [0.25, 0.3) is 0 Å². The summed E-state index contributed by atoms with van der Waals surface area (Å²) in [6.07, 6.45) is -2.53. The summed E-state index contributed by atoms with van der Waals surface area (Å²) in [5.41, 5.74) is -1.33. The molecule has 0 fully saturated rings. The molecule has 3 N–H and O–H groups in total. The van der Waals surface area contributed by atoms with Crippen LogP contribution in [-0.2, 0) is 4.79 Å². The van der Waals surface area contributed by atoms with Gasteiger partial charge in [-0.1, -0.05) is 0 Å². The van der Waals surface area contributed by atoms with Crippen LogP contribution in [-0.4, -0.2) is 21.3 Å². The van der Waals surface area contributed by atoms with Crippen LogP contribution >= 0.6 is 0 Å². The second kappa shape index (κ2) is 3.77. The number of aliphatic carboxylic acids is 1. The molecule has 1 rings (SSSR count). The first-order chi connectivity index (χ1) is 6.86. The Bertz CT molecular complexity index is 393. The van der Waals surface area contributed by atoms with Crippen molar-refractivity contribution in [1.82, 2.24) is 0 Å². The highest BCUT2D eigenvalue weighted by molar-refractivity contribution is 5.75. The van der Waals surface area contributed by atoms with Crippen molar-refractivity contribution in [1.29, 1.82) is 0 Å². The molecule has 0 aromatic heterocycles. The van der Waals surface area contributed by atoms with Gasteiger partial charge in [0.1, 0.15) is 0 Å². The van der Waals surface area contributed by atoms with Gasteiger partial charge in [-0.25, -0.2) is 18.0 Å². The lowest BCUT2D eigenvalue weighted by molar-refractivity contribution is -0.147. The lowest BCUT2D eigenvalue weighted by Crippen LogP contribution is -2.14. The molecular weight excluding hydrogens is 217 g/mol. The van der Waals surface area contributed by atoms with Gasteiger partial charge in [-0.2, -0.15) is 0 Å². The second-order valence-corrected chi connectivity index (χ2v) is 2.66. The van der Waals surface area contributed by atoms with Crippen LogP contribution in [0.2, 0.25) is 0 Å². The Labute approximate surface area is 81.2 Å². The predicted molar refractivity (Wildman–Crippen MR) is 40.6 cm³/mol.